The molecule has 0 amide bonds. The first kappa shape index (κ1) is 15.4. The summed E-state index contributed by atoms with van der Waals surface area (Å²) in [5.41, 5.74) is 1.01. The summed E-state index contributed by atoms with van der Waals surface area (Å²) < 4.78 is 38.8. The molecule has 0 aromatic heterocycles. The molecule has 0 radical (unpaired) electrons. The Hall–Kier alpha value is -2.01. The molecule has 0 aliphatic carbocycles. The van der Waals surface area contributed by atoms with E-state index in [0.717, 1.165) is 5.56 Å². The van der Waals surface area contributed by atoms with Gasteiger partial charge in [0.15, 0.2) is 0 Å². The third kappa shape index (κ3) is 5.11. The number of benzene rings is 2. The van der Waals surface area contributed by atoms with Gasteiger partial charge in [-0.25, -0.2) is 0 Å². The lowest BCUT2D eigenvalue weighted by Crippen LogP contribution is -2.41. The Balaban J connectivity index is 1.91. The fraction of sp³-hybridized carbons (Fsp3) is 0.250. The Bertz CT molecular complexity index is 528. The number of hydroxylamine groups is 2. The maximum absolute atomic E-state index is 12.9. The number of para-hydroxylation sites is 1. The van der Waals surface area contributed by atoms with Crippen molar-refractivity contribution in [3.8, 4) is 5.75 Å². The highest BCUT2D eigenvalue weighted by atomic mass is 19.4. The van der Waals surface area contributed by atoms with Crippen LogP contribution in [0.2, 0.25) is 0 Å². The molecule has 0 aliphatic heterocycles. The largest absolute Gasteiger partial charge is 0.492 e. The Kier molecular flexibility index (Phi) is 5.22. The van der Waals surface area contributed by atoms with Crippen LogP contribution in [-0.2, 0) is 6.42 Å². The molecule has 0 heterocycles. The van der Waals surface area contributed by atoms with Gasteiger partial charge in [0.1, 0.15) is 5.75 Å². The van der Waals surface area contributed by atoms with Crippen molar-refractivity contribution in [2.75, 3.05) is 6.54 Å². The van der Waals surface area contributed by atoms with Gasteiger partial charge in [0, 0.05) is 6.54 Å². The maximum Gasteiger partial charge on any atom is 0.492 e. The molecule has 0 saturated heterocycles. The molecule has 21 heavy (non-hydrogen) atoms. The van der Waals surface area contributed by atoms with Crippen molar-refractivity contribution in [2.24, 2.45) is 0 Å². The topological polar surface area (TPSA) is 12.5 Å². The summed E-state index contributed by atoms with van der Waals surface area (Å²) in [6.45, 7) is -0.215. The van der Waals surface area contributed by atoms with Gasteiger partial charge in [0.25, 0.3) is 0 Å². The molecule has 112 valence electrons. The molecule has 2 aromatic carbocycles. The smallest absolute Gasteiger partial charge is 0.398 e. The van der Waals surface area contributed by atoms with Gasteiger partial charge in [-0.05, 0) is 35.6 Å². The standard InChI is InChI=1S/C16H16F3NO/c17-16(18,19)20(21-15-11-5-2-6-12-15)13-7-10-14-8-3-1-4-9-14/h1-6,8-9,11-12H,7,10,13H2. The lowest BCUT2D eigenvalue weighted by Gasteiger charge is -2.24. The van der Waals surface area contributed by atoms with Crippen LogP contribution in [0.5, 0.6) is 5.75 Å². The first-order chi connectivity index (χ1) is 10.1. The minimum absolute atomic E-state index is 0.0747. The van der Waals surface area contributed by atoms with Crippen LogP contribution < -0.4 is 4.84 Å². The van der Waals surface area contributed by atoms with Gasteiger partial charge >= 0.3 is 6.30 Å². The van der Waals surface area contributed by atoms with E-state index in [1.165, 1.54) is 12.1 Å². The summed E-state index contributed by atoms with van der Waals surface area (Å²) in [5.74, 6) is 0.175. The van der Waals surface area contributed by atoms with Gasteiger partial charge in [-0.1, -0.05) is 48.5 Å². The zero-order valence-electron chi connectivity index (χ0n) is 11.4. The number of halogens is 3. The van der Waals surface area contributed by atoms with Crippen LogP contribution in [-0.4, -0.2) is 17.9 Å². The van der Waals surface area contributed by atoms with E-state index in [1.54, 1.807) is 18.2 Å². The summed E-state index contributed by atoms with van der Waals surface area (Å²) in [7, 11) is 0. The van der Waals surface area contributed by atoms with Gasteiger partial charge in [-0.3, -0.25) is 0 Å². The van der Waals surface area contributed by atoms with Gasteiger partial charge in [0.2, 0.25) is 0 Å². The second-order valence-electron chi connectivity index (χ2n) is 4.56. The first-order valence-electron chi connectivity index (χ1n) is 6.67. The van der Waals surface area contributed by atoms with Crippen LogP contribution in [0.25, 0.3) is 0 Å². The van der Waals surface area contributed by atoms with Gasteiger partial charge in [-0.2, -0.15) is 13.2 Å². The van der Waals surface area contributed by atoms with E-state index in [4.69, 9.17) is 4.84 Å². The van der Waals surface area contributed by atoms with E-state index in [1.807, 2.05) is 30.3 Å². The first-order valence-corrected chi connectivity index (χ1v) is 6.67. The second-order valence-corrected chi connectivity index (χ2v) is 4.56. The summed E-state index contributed by atoms with van der Waals surface area (Å²) in [6, 6.07) is 17.4. The number of hydrogen-bond donors (Lipinski definition) is 0. The molecular weight excluding hydrogens is 279 g/mol. The summed E-state index contributed by atoms with van der Waals surface area (Å²) >= 11 is 0. The highest BCUT2D eigenvalue weighted by Crippen LogP contribution is 2.24. The highest BCUT2D eigenvalue weighted by molar-refractivity contribution is 5.20. The Morgan fingerprint density at radius 1 is 0.857 bits per heavy atom. The fourth-order valence-electron chi connectivity index (χ4n) is 1.90. The fourth-order valence-corrected chi connectivity index (χ4v) is 1.90. The van der Waals surface area contributed by atoms with Crippen LogP contribution >= 0.6 is 0 Å². The van der Waals surface area contributed by atoms with Crippen LogP contribution in [0.4, 0.5) is 13.2 Å². The molecule has 0 aliphatic rings. The molecule has 0 fully saturated rings. The minimum atomic E-state index is -4.52. The van der Waals surface area contributed by atoms with Gasteiger partial charge < -0.3 is 4.84 Å². The second kappa shape index (κ2) is 7.13. The Morgan fingerprint density at radius 3 is 2.00 bits per heavy atom. The zero-order chi connectivity index (χ0) is 15.1. The number of hydrogen-bond acceptors (Lipinski definition) is 2. The van der Waals surface area contributed by atoms with Crippen molar-refractivity contribution in [3.05, 3.63) is 66.2 Å². The van der Waals surface area contributed by atoms with Crippen molar-refractivity contribution in [3.63, 3.8) is 0 Å². The van der Waals surface area contributed by atoms with Crippen LogP contribution in [0.15, 0.2) is 60.7 Å². The molecule has 0 atom stereocenters. The molecule has 0 N–H and O–H groups in total. The zero-order valence-corrected chi connectivity index (χ0v) is 11.4. The van der Waals surface area contributed by atoms with Crippen LogP contribution in [0.3, 0.4) is 0 Å². The molecular formula is C16H16F3NO. The Morgan fingerprint density at radius 2 is 1.43 bits per heavy atom. The van der Waals surface area contributed by atoms with Crippen molar-refractivity contribution in [2.45, 2.75) is 19.1 Å². The molecule has 2 aromatic rings. The SMILES string of the molecule is FC(F)(F)N(CCCc1ccccc1)Oc1ccccc1. The molecule has 0 saturated carbocycles. The molecule has 0 spiro atoms. The van der Waals surface area contributed by atoms with E-state index in [0.29, 0.717) is 12.8 Å². The van der Waals surface area contributed by atoms with Crippen molar-refractivity contribution in [1.82, 2.24) is 5.06 Å². The average molecular weight is 295 g/mol. The molecule has 0 bridgehead atoms. The normalized spacial score (nSPS) is 11.6. The maximum atomic E-state index is 12.9. The lowest BCUT2D eigenvalue weighted by molar-refractivity contribution is -0.336. The van der Waals surface area contributed by atoms with E-state index in [-0.39, 0.29) is 17.4 Å². The van der Waals surface area contributed by atoms with Crippen LogP contribution in [0, 0.1) is 0 Å². The van der Waals surface area contributed by atoms with E-state index >= 15 is 0 Å². The number of nitrogens with zero attached hydrogens (tertiary/aromatic N) is 1. The predicted molar refractivity (Wildman–Crippen MR) is 74.6 cm³/mol. The predicted octanol–water partition coefficient (Wildman–Crippen LogP) is 4.44. The Labute approximate surface area is 121 Å². The number of alkyl halides is 3. The van der Waals surface area contributed by atoms with Crippen LogP contribution in [0.1, 0.15) is 12.0 Å². The summed E-state index contributed by atoms with van der Waals surface area (Å²) in [6.07, 6.45) is -3.59. The van der Waals surface area contributed by atoms with Crippen molar-refractivity contribution in [1.29, 1.82) is 0 Å². The number of aryl methyl sites for hydroxylation is 1. The summed E-state index contributed by atoms with van der Waals surface area (Å²) in [5, 5.41) is 0.0747. The highest BCUT2D eigenvalue weighted by Gasteiger charge is 2.39. The van der Waals surface area contributed by atoms with Crippen molar-refractivity contribution < 1.29 is 18.0 Å². The molecule has 5 heteroatoms. The van der Waals surface area contributed by atoms with Gasteiger partial charge in [0.05, 0.1) is 0 Å². The third-order valence-electron chi connectivity index (χ3n) is 2.91. The molecule has 0 unspecified atom stereocenters. The monoisotopic (exact) mass is 295 g/mol. The van der Waals surface area contributed by atoms with E-state index in [2.05, 4.69) is 0 Å². The van der Waals surface area contributed by atoms with E-state index in [9.17, 15) is 13.2 Å². The minimum Gasteiger partial charge on any atom is -0.398 e. The van der Waals surface area contributed by atoms with Gasteiger partial charge in [-0.15, -0.1) is 0 Å². The quantitative estimate of drug-likeness (QED) is 0.577. The molecule has 2 nitrogen and oxygen atoms in total. The summed E-state index contributed by atoms with van der Waals surface area (Å²) in [4.78, 5) is 4.93. The average Bonchev–Trinajstić information content (AvgIpc) is 2.47. The van der Waals surface area contributed by atoms with Crippen molar-refractivity contribution >= 4 is 0 Å². The van der Waals surface area contributed by atoms with E-state index < -0.39 is 6.30 Å². The molecule has 2 rings (SSSR count). The lowest BCUT2D eigenvalue weighted by atomic mass is 10.1. The third-order valence-corrected chi connectivity index (χ3v) is 2.91. The number of rotatable bonds is 6.